The van der Waals surface area contributed by atoms with Gasteiger partial charge in [0.2, 0.25) is 11.8 Å². The number of para-hydroxylation sites is 1. The quantitative estimate of drug-likeness (QED) is 0.718. The monoisotopic (exact) mass is 424 g/mol. The smallest absolute Gasteiger partial charge is 0.326 e. The summed E-state index contributed by atoms with van der Waals surface area (Å²) >= 11 is 6.39. The Balaban J connectivity index is 1.69. The van der Waals surface area contributed by atoms with E-state index in [1.54, 1.807) is 12.1 Å². The molecule has 1 aliphatic rings. The van der Waals surface area contributed by atoms with E-state index in [1.165, 1.54) is 17.0 Å². The molecule has 0 aliphatic carbocycles. The Kier molecular flexibility index (Phi) is 5.76. The van der Waals surface area contributed by atoms with Crippen molar-refractivity contribution >= 4 is 51.5 Å². The maximum absolute atomic E-state index is 12.8. The van der Waals surface area contributed by atoms with Crippen LogP contribution < -0.4 is 10.2 Å². The van der Waals surface area contributed by atoms with Crippen molar-refractivity contribution in [3.05, 3.63) is 59.7 Å². The Hall–Kier alpha value is -2.39. The van der Waals surface area contributed by atoms with Crippen molar-refractivity contribution < 1.29 is 22.8 Å². The molecule has 1 fully saturated rings. The van der Waals surface area contributed by atoms with E-state index >= 15 is 0 Å². The van der Waals surface area contributed by atoms with E-state index in [1.807, 2.05) is 19.1 Å². The van der Waals surface area contributed by atoms with Crippen LogP contribution in [0.4, 0.5) is 24.5 Å². The number of anilines is 2. The van der Waals surface area contributed by atoms with Gasteiger partial charge in [0.1, 0.15) is 9.57 Å². The Morgan fingerprint density at radius 3 is 2.61 bits per heavy atom. The van der Waals surface area contributed by atoms with Crippen molar-refractivity contribution in [1.82, 2.24) is 0 Å². The van der Waals surface area contributed by atoms with Crippen LogP contribution in [-0.4, -0.2) is 21.4 Å². The molecule has 146 valence electrons. The zero-order valence-corrected chi connectivity index (χ0v) is 16.3. The summed E-state index contributed by atoms with van der Waals surface area (Å²) in [6, 6.07) is 11.6. The molecule has 0 radical (unpaired) electrons. The van der Waals surface area contributed by atoms with Gasteiger partial charge < -0.3 is 5.32 Å². The fraction of sp³-hybridized carbons (Fsp3) is 0.211. The SMILES string of the molecule is Cc1ccccc1N1C(=O)C(CC(=O)Nc2cccc(C(F)(F)F)c2)SC1=S. The molecule has 3 rings (SSSR count). The lowest BCUT2D eigenvalue weighted by Crippen LogP contribution is -2.33. The number of nitrogens with zero attached hydrogens (tertiary/aromatic N) is 1. The molecule has 2 amide bonds. The van der Waals surface area contributed by atoms with Crippen molar-refractivity contribution in [2.45, 2.75) is 24.8 Å². The van der Waals surface area contributed by atoms with Gasteiger partial charge >= 0.3 is 6.18 Å². The van der Waals surface area contributed by atoms with Gasteiger partial charge in [-0.3, -0.25) is 14.5 Å². The third-order valence-electron chi connectivity index (χ3n) is 4.12. The molecule has 1 heterocycles. The highest BCUT2D eigenvalue weighted by Crippen LogP contribution is 2.35. The van der Waals surface area contributed by atoms with Gasteiger partial charge in [-0.15, -0.1) is 0 Å². The first-order valence-corrected chi connectivity index (χ1v) is 9.53. The second kappa shape index (κ2) is 7.92. The molecule has 0 spiro atoms. The number of halogens is 3. The maximum atomic E-state index is 12.8. The molecule has 1 aliphatic heterocycles. The molecule has 1 atom stereocenters. The fourth-order valence-corrected chi connectivity index (χ4v) is 4.29. The number of hydrogen-bond acceptors (Lipinski definition) is 4. The number of hydrogen-bond donors (Lipinski definition) is 1. The topological polar surface area (TPSA) is 49.4 Å². The molecule has 1 saturated heterocycles. The second-order valence-corrected chi connectivity index (χ2v) is 8.00. The van der Waals surface area contributed by atoms with Crippen LogP contribution in [-0.2, 0) is 15.8 Å². The lowest BCUT2D eigenvalue weighted by Gasteiger charge is -2.18. The highest BCUT2D eigenvalue weighted by molar-refractivity contribution is 8.25. The molecular weight excluding hydrogens is 409 g/mol. The van der Waals surface area contributed by atoms with Crippen molar-refractivity contribution in [2.24, 2.45) is 0 Å². The van der Waals surface area contributed by atoms with Gasteiger partial charge in [0.15, 0.2) is 0 Å². The molecule has 2 aromatic rings. The fourth-order valence-electron chi connectivity index (χ4n) is 2.77. The third kappa shape index (κ3) is 4.36. The molecule has 1 N–H and O–H groups in total. The number of thioether (sulfide) groups is 1. The molecular formula is C19H15F3N2O2S2. The van der Waals surface area contributed by atoms with Gasteiger partial charge in [-0.2, -0.15) is 13.2 Å². The molecule has 9 heteroatoms. The predicted molar refractivity (Wildman–Crippen MR) is 107 cm³/mol. The highest BCUT2D eigenvalue weighted by atomic mass is 32.2. The van der Waals surface area contributed by atoms with Crippen molar-refractivity contribution in [3.63, 3.8) is 0 Å². The van der Waals surface area contributed by atoms with Crippen LogP contribution in [0, 0.1) is 6.92 Å². The van der Waals surface area contributed by atoms with E-state index in [-0.39, 0.29) is 18.0 Å². The van der Waals surface area contributed by atoms with Gasteiger partial charge in [-0.05, 0) is 36.8 Å². The van der Waals surface area contributed by atoms with Crippen LogP contribution in [0.25, 0.3) is 0 Å². The van der Waals surface area contributed by atoms with Crippen LogP contribution in [0.2, 0.25) is 0 Å². The molecule has 28 heavy (non-hydrogen) atoms. The summed E-state index contributed by atoms with van der Waals surface area (Å²) in [7, 11) is 0. The Morgan fingerprint density at radius 2 is 1.93 bits per heavy atom. The van der Waals surface area contributed by atoms with Gasteiger partial charge in [-0.1, -0.05) is 48.2 Å². The van der Waals surface area contributed by atoms with E-state index in [0.29, 0.717) is 10.0 Å². The summed E-state index contributed by atoms with van der Waals surface area (Å²) in [5.74, 6) is -0.872. The van der Waals surface area contributed by atoms with E-state index in [0.717, 1.165) is 29.5 Å². The van der Waals surface area contributed by atoms with Gasteiger partial charge in [0.25, 0.3) is 0 Å². The van der Waals surface area contributed by atoms with Gasteiger partial charge in [0, 0.05) is 12.1 Å². The lowest BCUT2D eigenvalue weighted by molar-refractivity contribution is -0.137. The molecule has 0 saturated carbocycles. The van der Waals surface area contributed by atoms with Gasteiger partial charge in [-0.25, -0.2) is 0 Å². The number of rotatable bonds is 4. The number of benzene rings is 2. The standard InChI is InChI=1S/C19H15F3N2O2S2/c1-11-5-2-3-8-14(11)24-17(26)15(28-18(24)27)10-16(25)23-13-7-4-6-12(9-13)19(20,21)22/h2-9,15H,10H2,1H3,(H,23,25). The van der Waals surface area contributed by atoms with Crippen LogP contribution in [0.15, 0.2) is 48.5 Å². The van der Waals surface area contributed by atoms with E-state index in [4.69, 9.17) is 12.2 Å². The second-order valence-electron chi connectivity index (χ2n) is 6.16. The first-order chi connectivity index (χ1) is 13.2. The van der Waals surface area contributed by atoms with Crippen molar-refractivity contribution in [1.29, 1.82) is 0 Å². The number of nitrogens with one attached hydrogen (secondary N) is 1. The summed E-state index contributed by atoms with van der Waals surface area (Å²) in [4.78, 5) is 26.4. The molecule has 0 bridgehead atoms. The number of thiocarbonyl (C=S) groups is 1. The summed E-state index contributed by atoms with van der Waals surface area (Å²) < 4.78 is 38.7. The highest BCUT2D eigenvalue weighted by Gasteiger charge is 2.39. The number of carbonyl (C=O) groups is 2. The zero-order valence-electron chi connectivity index (χ0n) is 14.6. The first-order valence-electron chi connectivity index (χ1n) is 8.24. The summed E-state index contributed by atoms with van der Waals surface area (Å²) in [5, 5.41) is 1.69. The van der Waals surface area contributed by atoms with Crippen molar-refractivity contribution in [3.8, 4) is 0 Å². The summed E-state index contributed by atoms with van der Waals surface area (Å²) in [6.45, 7) is 1.85. The normalized spacial score (nSPS) is 17.1. The molecule has 1 unspecified atom stereocenters. The third-order valence-corrected chi connectivity index (χ3v) is 5.63. The summed E-state index contributed by atoms with van der Waals surface area (Å²) in [6.07, 6.45) is -4.69. The van der Waals surface area contributed by atoms with Crippen LogP contribution in [0.5, 0.6) is 0 Å². The number of amides is 2. The van der Waals surface area contributed by atoms with Crippen molar-refractivity contribution in [2.75, 3.05) is 10.2 Å². The zero-order chi connectivity index (χ0) is 20.5. The molecule has 4 nitrogen and oxygen atoms in total. The Morgan fingerprint density at radius 1 is 1.21 bits per heavy atom. The van der Waals surface area contributed by atoms with Crippen LogP contribution >= 0.6 is 24.0 Å². The average Bonchev–Trinajstić information content (AvgIpc) is 2.88. The van der Waals surface area contributed by atoms with E-state index in [2.05, 4.69) is 5.32 Å². The molecule has 0 aromatic heterocycles. The number of alkyl halides is 3. The minimum absolute atomic E-state index is 0.0219. The Bertz CT molecular complexity index is 947. The average molecular weight is 424 g/mol. The largest absolute Gasteiger partial charge is 0.416 e. The number of aryl methyl sites for hydroxylation is 1. The molecule has 2 aromatic carbocycles. The van der Waals surface area contributed by atoms with Crippen LogP contribution in [0.3, 0.4) is 0 Å². The van der Waals surface area contributed by atoms with Gasteiger partial charge in [0.05, 0.1) is 11.3 Å². The first kappa shape index (κ1) is 20.3. The minimum Gasteiger partial charge on any atom is -0.326 e. The minimum atomic E-state index is -4.50. The maximum Gasteiger partial charge on any atom is 0.416 e. The summed E-state index contributed by atoms with van der Waals surface area (Å²) in [5.41, 5.74) is 0.691. The Labute approximate surface area is 169 Å². The van der Waals surface area contributed by atoms with Crippen LogP contribution in [0.1, 0.15) is 17.5 Å². The lowest BCUT2D eigenvalue weighted by atomic mass is 10.1. The number of carbonyl (C=O) groups excluding carboxylic acids is 2. The van der Waals surface area contributed by atoms with E-state index < -0.39 is 22.9 Å². The van der Waals surface area contributed by atoms with E-state index in [9.17, 15) is 22.8 Å². The predicted octanol–water partition coefficient (Wildman–Crippen LogP) is 4.78.